The van der Waals surface area contributed by atoms with Crippen molar-refractivity contribution in [3.63, 3.8) is 0 Å². The van der Waals surface area contributed by atoms with Gasteiger partial charge < -0.3 is 4.74 Å². The molecule has 0 spiro atoms. The van der Waals surface area contributed by atoms with Crippen LogP contribution in [0, 0.1) is 13.8 Å². The molecular weight excluding hydrogens is 624 g/mol. The Hall–Kier alpha value is -3.34. The fourth-order valence-corrected chi connectivity index (χ4v) is 5.40. The van der Waals surface area contributed by atoms with Crippen LogP contribution in [0.25, 0.3) is 33.9 Å². The number of aromatic nitrogens is 6. The lowest BCUT2D eigenvalue weighted by Gasteiger charge is -2.24. The van der Waals surface area contributed by atoms with E-state index < -0.39 is 6.23 Å². The van der Waals surface area contributed by atoms with E-state index in [0.717, 1.165) is 62.1 Å². The standard InChI is InChI=1S/C29H26Br2N6O2/c1-18-15-24(20-6-10-22(30)11-7-20)33-35(18)26-17-32-37(27-5-3-4-14-39-27)29(38)28(26)36-19(2)16-25(34-36)21-8-12-23(31)13-9-21/h6-13,15-17,27H,3-5,14H2,1-2H3. The van der Waals surface area contributed by atoms with E-state index in [1.54, 1.807) is 15.6 Å². The van der Waals surface area contributed by atoms with Crippen molar-refractivity contribution in [3.8, 4) is 33.9 Å². The minimum Gasteiger partial charge on any atom is -0.356 e. The molecule has 8 nitrogen and oxygen atoms in total. The number of nitrogens with zero attached hydrogens (tertiary/aromatic N) is 6. The van der Waals surface area contributed by atoms with Gasteiger partial charge in [-0.25, -0.2) is 9.36 Å². The van der Waals surface area contributed by atoms with Gasteiger partial charge in [0.05, 0.1) is 17.6 Å². The van der Waals surface area contributed by atoms with E-state index in [-0.39, 0.29) is 5.56 Å². The average molecular weight is 650 g/mol. The average Bonchev–Trinajstić information content (AvgIpc) is 3.52. The Kier molecular flexibility index (Phi) is 7.09. The second kappa shape index (κ2) is 10.7. The van der Waals surface area contributed by atoms with Gasteiger partial charge in [-0.2, -0.15) is 20.0 Å². The predicted octanol–water partition coefficient (Wildman–Crippen LogP) is 6.79. The second-order valence-corrected chi connectivity index (χ2v) is 11.5. The summed E-state index contributed by atoms with van der Waals surface area (Å²) in [4.78, 5) is 14.1. The zero-order valence-corrected chi connectivity index (χ0v) is 24.7. The van der Waals surface area contributed by atoms with Crippen LogP contribution >= 0.6 is 31.9 Å². The van der Waals surface area contributed by atoms with Gasteiger partial charge in [0.25, 0.3) is 5.56 Å². The quantitative estimate of drug-likeness (QED) is 0.210. The summed E-state index contributed by atoms with van der Waals surface area (Å²) in [6.45, 7) is 4.53. The highest BCUT2D eigenvalue weighted by molar-refractivity contribution is 9.10. The Morgan fingerprint density at radius 2 is 1.38 bits per heavy atom. The molecule has 1 atom stereocenters. The minimum absolute atomic E-state index is 0.270. The molecule has 3 aromatic heterocycles. The van der Waals surface area contributed by atoms with Gasteiger partial charge in [0, 0.05) is 38.1 Å². The molecule has 1 aliphatic rings. The molecule has 6 rings (SSSR count). The van der Waals surface area contributed by atoms with Crippen molar-refractivity contribution in [3.05, 3.63) is 97.5 Å². The first kappa shape index (κ1) is 25.9. The van der Waals surface area contributed by atoms with Crippen LogP contribution in [0.2, 0.25) is 0 Å². The summed E-state index contributed by atoms with van der Waals surface area (Å²) in [5.74, 6) is 0. The van der Waals surface area contributed by atoms with Crippen LogP contribution in [0.3, 0.4) is 0 Å². The van der Waals surface area contributed by atoms with Gasteiger partial charge in [-0.15, -0.1) is 0 Å². The monoisotopic (exact) mass is 648 g/mol. The van der Waals surface area contributed by atoms with Gasteiger partial charge in [-0.3, -0.25) is 4.79 Å². The molecule has 10 heteroatoms. The van der Waals surface area contributed by atoms with Gasteiger partial charge >= 0.3 is 0 Å². The van der Waals surface area contributed by atoms with Crippen LogP contribution in [0.1, 0.15) is 36.9 Å². The van der Waals surface area contributed by atoms with Crippen LogP contribution < -0.4 is 5.56 Å². The molecule has 39 heavy (non-hydrogen) atoms. The maximum absolute atomic E-state index is 14.1. The van der Waals surface area contributed by atoms with E-state index >= 15 is 0 Å². The fourth-order valence-electron chi connectivity index (χ4n) is 4.87. The molecule has 0 radical (unpaired) electrons. The maximum atomic E-state index is 14.1. The highest BCUT2D eigenvalue weighted by Gasteiger charge is 2.25. The van der Waals surface area contributed by atoms with Crippen molar-refractivity contribution in [1.29, 1.82) is 0 Å². The number of hydrogen-bond donors (Lipinski definition) is 0. The Morgan fingerprint density at radius 3 is 1.95 bits per heavy atom. The third-order valence-corrected chi connectivity index (χ3v) is 7.94. The zero-order chi connectivity index (χ0) is 27.1. The van der Waals surface area contributed by atoms with Crippen molar-refractivity contribution in [2.45, 2.75) is 39.3 Å². The molecule has 0 amide bonds. The molecule has 0 aliphatic carbocycles. The van der Waals surface area contributed by atoms with Crippen molar-refractivity contribution >= 4 is 31.9 Å². The first-order valence-corrected chi connectivity index (χ1v) is 14.4. The summed E-state index contributed by atoms with van der Waals surface area (Å²) in [5, 5.41) is 14.3. The molecule has 0 saturated carbocycles. The van der Waals surface area contributed by atoms with Crippen LogP contribution in [-0.2, 0) is 4.74 Å². The number of hydrogen-bond acceptors (Lipinski definition) is 5. The number of benzene rings is 2. The van der Waals surface area contributed by atoms with Crippen molar-refractivity contribution in [2.24, 2.45) is 0 Å². The normalized spacial score (nSPS) is 15.5. The summed E-state index contributed by atoms with van der Waals surface area (Å²) in [7, 11) is 0. The third kappa shape index (κ3) is 5.04. The second-order valence-electron chi connectivity index (χ2n) is 9.63. The van der Waals surface area contributed by atoms with Crippen molar-refractivity contribution < 1.29 is 4.74 Å². The van der Waals surface area contributed by atoms with Crippen LogP contribution in [0.5, 0.6) is 0 Å². The number of halogens is 2. The highest BCUT2D eigenvalue weighted by atomic mass is 79.9. The number of ether oxygens (including phenoxy) is 1. The topological polar surface area (TPSA) is 79.8 Å². The van der Waals surface area contributed by atoms with E-state index in [1.807, 2.05) is 74.5 Å². The van der Waals surface area contributed by atoms with Gasteiger partial charge in [0.1, 0.15) is 5.69 Å². The summed E-state index contributed by atoms with van der Waals surface area (Å²) in [6, 6.07) is 19.9. The SMILES string of the molecule is Cc1cc(-c2ccc(Br)cc2)nn1-c1cnn(C2CCCCO2)c(=O)c1-n1nc(-c2ccc(Br)cc2)cc1C. The Bertz CT molecular complexity index is 1700. The first-order valence-electron chi connectivity index (χ1n) is 12.8. The van der Waals surface area contributed by atoms with Crippen LogP contribution in [0.15, 0.2) is 80.6 Å². The summed E-state index contributed by atoms with van der Waals surface area (Å²) >= 11 is 6.99. The van der Waals surface area contributed by atoms with E-state index in [2.05, 4.69) is 37.0 Å². The van der Waals surface area contributed by atoms with Gasteiger partial charge in [0.15, 0.2) is 11.9 Å². The van der Waals surface area contributed by atoms with E-state index in [9.17, 15) is 4.79 Å². The molecule has 5 aromatic rings. The lowest BCUT2D eigenvalue weighted by Crippen LogP contribution is -2.34. The number of aryl methyl sites for hydroxylation is 2. The van der Waals surface area contributed by atoms with Crippen LogP contribution in [-0.4, -0.2) is 35.9 Å². The molecule has 0 N–H and O–H groups in total. The summed E-state index contributed by atoms with van der Waals surface area (Å²) in [5.41, 5.74) is 5.88. The molecule has 0 bridgehead atoms. The molecule has 1 fully saturated rings. The molecule has 1 unspecified atom stereocenters. The maximum Gasteiger partial charge on any atom is 0.297 e. The van der Waals surface area contributed by atoms with Crippen molar-refractivity contribution in [2.75, 3.05) is 6.61 Å². The van der Waals surface area contributed by atoms with Gasteiger partial charge in [-0.05, 0) is 69.5 Å². The summed E-state index contributed by atoms with van der Waals surface area (Å²) < 4.78 is 12.8. The largest absolute Gasteiger partial charge is 0.356 e. The summed E-state index contributed by atoms with van der Waals surface area (Å²) in [6.07, 6.45) is 4.00. The lowest BCUT2D eigenvalue weighted by atomic mass is 10.1. The van der Waals surface area contributed by atoms with Gasteiger partial charge in [-0.1, -0.05) is 56.1 Å². The smallest absolute Gasteiger partial charge is 0.297 e. The molecule has 4 heterocycles. The van der Waals surface area contributed by atoms with E-state index in [4.69, 9.17) is 14.9 Å². The molecule has 1 aliphatic heterocycles. The van der Waals surface area contributed by atoms with Crippen molar-refractivity contribution in [1.82, 2.24) is 29.3 Å². The number of rotatable bonds is 5. The lowest BCUT2D eigenvalue weighted by molar-refractivity contribution is -0.0425. The fraction of sp³-hybridized carbons (Fsp3) is 0.241. The Balaban J connectivity index is 1.53. The molecule has 198 valence electrons. The minimum atomic E-state index is -0.405. The van der Waals surface area contributed by atoms with E-state index in [0.29, 0.717) is 18.0 Å². The highest BCUT2D eigenvalue weighted by Crippen LogP contribution is 2.28. The zero-order valence-electron chi connectivity index (χ0n) is 21.5. The third-order valence-electron chi connectivity index (χ3n) is 6.88. The Morgan fingerprint density at radius 1 is 0.821 bits per heavy atom. The molecule has 1 saturated heterocycles. The molecule has 2 aromatic carbocycles. The van der Waals surface area contributed by atoms with E-state index in [1.165, 1.54) is 4.68 Å². The van der Waals surface area contributed by atoms with Crippen LogP contribution in [0.4, 0.5) is 0 Å². The first-order chi connectivity index (χ1) is 18.9. The Labute approximate surface area is 242 Å². The predicted molar refractivity (Wildman–Crippen MR) is 157 cm³/mol. The van der Waals surface area contributed by atoms with Gasteiger partial charge in [0.2, 0.25) is 0 Å². The molecular formula is C29H26Br2N6O2.